The van der Waals surface area contributed by atoms with Gasteiger partial charge in [0.25, 0.3) is 5.91 Å². The van der Waals surface area contributed by atoms with E-state index in [0.717, 1.165) is 18.7 Å². The van der Waals surface area contributed by atoms with Gasteiger partial charge < -0.3 is 19.9 Å². The average molecular weight is 351 g/mol. The Morgan fingerprint density at radius 3 is 3.00 bits per heavy atom. The molecule has 1 aromatic carbocycles. The Morgan fingerprint density at radius 2 is 2.19 bits per heavy atom. The van der Waals surface area contributed by atoms with Crippen LogP contribution in [0.2, 0.25) is 0 Å². The Labute approximate surface area is 151 Å². The van der Waals surface area contributed by atoms with Crippen LogP contribution in [0.3, 0.4) is 0 Å². The third kappa shape index (κ3) is 3.74. The van der Waals surface area contributed by atoms with Crippen molar-refractivity contribution in [2.24, 2.45) is 0 Å². The van der Waals surface area contributed by atoms with E-state index in [-0.39, 0.29) is 12.0 Å². The molecule has 3 aromatic rings. The Bertz CT molecular complexity index is 887. The highest BCUT2D eigenvalue weighted by molar-refractivity contribution is 5.96. The zero-order valence-corrected chi connectivity index (χ0v) is 14.4. The lowest BCUT2D eigenvalue weighted by Gasteiger charge is -2.23. The molecule has 1 aliphatic rings. The highest BCUT2D eigenvalue weighted by Crippen LogP contribution is 2.14. The molecule has 0 bridgehead atoms. The van der Waals surface area contributed by atoms with E-state index in [1.165, 1.54) is 5.56 Å². The van der Waals surface area contributed by atoms with Crippen molar-refractivity contribution in [1.29, 1.82) is 0 Å². The number of fused-ring (bicyclic) bond motifs is 1. The topological polar surface area (TPSA) is 81.1 Å². The third-order valence-corrected chi connectivity index (χ3v) is 4.41. The van der Waals surface area contributed by atoms with Crippen LogP contribution in [0.5, 0.6) is 0 Å². The predicted octanol–water partition coefficient (Wildman–Crippen LogP) is 1.20. The molecule has 26 heavy (non-hydrogen) atoms. The summed E-state index contributed by atoms with van der Waals surface area (Å²) in [5, 5.41) is 6.15. The van der Waals surface area contributed by atoms with Gasteiger partial charge in [-0.1, -0.05) is 30.3 Å². The molecule has 0 aliphatic carbocycles. The first-order valence-electron chi connectivity index (χ1n) is 8.75. The van der Waals surface area contributed by atoms with Crippen molar-refractivity contribution in [3.05, 3.63) is 60.0 Å². The van der Waals surface area contributed by atoms with Crippen LogP contribution in [-0.4, -0.2) is 52.8 Å². The molecule has 0 spiro atoms. The quantitative estimate of drug-likeness (QED) is 0.722. The molecule has 0 saturated carbocycles. The van der Waals surface area contributed by atoms with Crippen molar-refractivity contribution in [3.8, 4) is 0 Å². The highest BCUT2D eigenvalue weighted by Gasteiger charge is 2.16. The van der Waals surface area contributed by atoms with Gasteiger partial charge in [0.15, 0.2) is 5.65 Å². The van der Waals surface area contributed by atoms with Gasteiger partial charge in [0, 0.05) is 25.8 Å². The molecule has 7 nitrogen and oxygen atoms in total. The first kappa shape index (κ1) is 16.7. The second-order valence-corrected chi connectivity index (χ2v) is 6.33. The number of pyridine rings is 1. The fourth-order valence-electron chi connectivity index (χ4n) is 3.03. The number of aromatic nitrogens is 3. The van der Waals surface area contributed by atoms with E-state index in [1.807, 2.05) is 22.8 Å². The van der Waals surface area contributed by atoms with Crippen LogP contribution in [0.1, 0.15) is 15.9 Å². The number of hydrogen-bond donors (Lipinski definition) is 2. The first-order chi connectivity index (χ1) is 12.8. The van der Waals surface area contributed by atoms with Gasteiger partial charge in [0.1, 0.15) is 5.52 Å². The van der Waals surface area contributed by atoms with E-state index < -0.39 is 0 Å². The molecule has 3 heterocycles. The van der Waals surface area contributed by atoms with E-state index >= 15 is 0 Å². The predicted molar refractivity (Wildman–Crippen MR) is 98.0 cm³/mol. The van der Waals surface area contributed by atoms with Crippen LogP contribution in [-0.2, 0) is 11.3 Å². The minimum absolute atomic E-state index is 0.00877. The lowest BCUT2D eigenvalue weighted by Crippen LogP contribution is -2.45. The number of amides is 1. The summed E-state index contributed by atoms with van der Waals surface area (Å²) in [6.07, 6.45) is 3.36. The van der Waals surface area contributed by atoms with Crippen molar-refractivity contribution in [1.82, 2.24) is 25.2 Å². The van der Waals surface area contributed by atoms with Gasteiger partial charge in [0.05, 0.1) is 31.1 Å². The third-order valence-electron chi connectivity index (χ3n) is 4.41. The van der Waals surface area contributed by atoms with E-state index in [1.54, 1.807) is 18.6 Å². The summed E-state index contributed by atoms with van der Waals surface area (Å²) >= 11 is 0. The van der Waals surface area contributed by atoms with Crippen molar-refractivity contribution in [2.45, 2.75) is 12.6 Å². The summed E-state index contributed by atoms with van der Waals surface area (Å²) in [5.41, 5.74) is 3.16. The summed E-state index contributed by atoms with van der Waals surface area (Å²) in [5.74, 6) is -0.161. The van der Waals surface area contributed by atoms with E-state index in [9.17, 15) is 4.79 Å². The van der Waals surface area contributed by atoms with Gasteiger partial charge in [-0.05, 0) is 11.6 Å². The van der Waals surface area contributed by atoms with Crippen molar-refractivity contribution in [2.75, 3.05) is 26.2 Å². The number of benzene rings is 1. The van der Waals surface area contributed by atoms with Crippen molar-refractivity contribution >= 4 is 17.1 Å². The van der Waals surface area contributed by atoms with Crippen molar-refractivity contribution < 1.29 is 9.53 Å². The van der Waals surface area contributed by atoms with Gasteiger partial charge in [-0.2, -0.15) is 0 Å². The minimum atomic E-state index is -0.161. The fraction of sp³-hybridized carbons (Fsp3) is 0.316. The van der Waals surface area contributed by atoms with Gasteiger partial charge in [-0.3, -0.25) is 4.79 Å². The van der Waals surface area contributed by atoms with E-state index in [2.05, 4.69) is 32.7 Å². The SMILES string of the molecule is O=C(NCC1CNCCO1)c1cnc2c(c1)ncn2Cc1ccccc1. The maximum Gasteiger partial charge on any atom is 0.253 e. The first-order valence-corrected chi connectivity index (χ1v) is 8.75. The molecule has 4 rings (SSSR count). The number of rotatable bonds is 5. The van der Waals surface area contributed by atoms with Crippen molar-refractivity contribution in [3.63, 3.8) is 0 Å². The monoisotopic (exact) mass is 351 g/mol. The second-order valence-electron chi connectivity index (χ2n) is 6.33. The van der Waals surface area contributed by atoms with Gasteiger partial charge in [-0.15, -0.1) is 0 Å². The zero-order valence-electron chi connectivity index (χ0n) is 14.4. The molecule has 0 radical (unpaired) electrons. The van der Waals surface area contributed by atoms with Crippen LogP contribution < -0.4 is 10.6 Å². The maximum atomic E-state index is 12.4. The average Bonchev–Trinajstić information content (AvgIpc) is 3.10. The van der Waals surface area contributed by atoms with E-state index in [0.29, 0.717) is 30.8 Å². The summed E-state index contributed by atoms with van der Waals surface area (Å²) in [7, 11) is 0. The number of hydrogen-bond acceptors (Lipinski definition) is 5. The Hall–Kier alpha value is -2.77. The Balaban J connectivity index is 1.45. The molecule has 134 valence electrons. The molecular weight excluding hydrogens is 330 g/mol. The Kier molecular flexibility index (Phi) is 4.90. The highest BCUT2D eigenvalue weighted by atomic mass is 16.5. The molecule has 1 unspecified atom stereocenters. The molecule has 1 atom stereocenters. The largest absolute Gasteiger partial charge is 0.374 e. The molecule has 7 heteroatoms. The molecule has 1 fully saturated rings. The Morgan fingerprint density at radius 1 is 1.31 bits per heavy atom. The van der Waals surface area contributed by atoms with Crippen LogP contribution in [0.25, 0.3) is 11.2 Å². The van der Waals surface area contributed by atoms with Gasteiger partial charge in [-0.25, -0.2) is 9.97 Å². The second kappa shape index (κ2) is 7.63. The maximum absolute atomic E-state index is 12.4. The van der Waals surface area contributed by atoms with E-state index in [4.69, 9.17) is 4.74 Å². The molecule has 1 saturated heterocycles. The van der Waals surface area contributed by atoms with Crippen LogP contribution in [0.4, 0.5) is 0 Å². The van der Waals surface area contributed by atoms with Crippen LogP contribution in [0.15, 0.2) is 48.9 Å². The zero-order chi connectivity index (χ0) is 17.8. The molecular formula is C19H21N5O2. The van der Waals surface area contributed by atoms with Crippen LogP contribution in [0, 0.1) is 0 Å². The summed E-state index contributed by atoms with van der Waals surface area (Å²) in [4.78, 5) is 21.2. The van der Waals surface area contributed by atoms with Gasteiger partial charge in [0.2, 0.25) is 0 Å². The summed E-state index contributed by atoms with van der Waals surface area (Å²) in [6, 6.07) is 11.9. The fourth-order valence-corrected chi connectivity index (χ4v) is 3.03. The smallest absolute Gasteiger partial charge is 0.253 e. The van der Waals surface area contributed by atoms with Crippen LogP contribution >= 0.6 is 0 Å². The number of nitrogens with zero attached hydrogens (tertiary/aromatic N) is 3. The number of carbonyl (C=O) groups excluding carboxylic acids is 1. The normalized spacial score (nSPS) is 17.3. The lowest BCUT2D eigenvalue weighted by atomic mass is 10.2. The molecule has 2 aromatic heterocycles. The minimum Gasteiger partial charge on any atom is -0.374 e. The molecule has 2 N–H and O–H groups in total. The standard InChI is InChI=1S/C19H21N5O2/c25-19(22-11-16-10-20-6-7-26-16)15-8-17-18(21-9-15)24(13-23-17)12-14-4-2-1-3-5-14/h1-5,8-9,13,16,20H,6-7,10-12H2,(H,22,25). The lowest BCUT2D eigenvalue weighted by molar-refractivity contribution is 0.0287. The number of imidazole rings is 1. The number of morpholine rings is 1. The molecule has 1 amide bonds. The summed E-state index contributed by atoms with van der Waals surface area (Å²) < 4.78 is 7.57. The molecule has 1 aliphatic heterocycles. The number of nitrogens with one attached hydrogen (secondary N) is 2. The summed E-state index contributed by atoms with van der Waals surface area (Å²) in [6.45, 7) is 3.46. The van der Waals surface area contributed by atoms with Gasteiger partial charge >= 0.3 is 0 Å². The number of carbonyl (C=O) groups is 1. The number of ether oxygens (including phenoxy) is 1.